The van der Waals surface area contributed by atoms with Crippen molar-refractivity contribution in [3.63, 3.8) is 0 Å². The van der Waals surface area contributed by atoms with Gasteiger partial charge in [0.2, 0.25) is 0 Å². The fourth-order valence-electron chi connectivity index (χ4n) is 4.68. The summed E-state index contributed by atoms with van der Waals surface area (Å²) in [4.78, 5) is 21.2. The third-order valence-corrected chi connectivity index (χ3v) is 6.35. The van der Waals surface area contributed by atoms with E-state index in [-0.39, 0.29) is 34.2 Å². The summed E-state index contributed by atoms with van der Waals surface area (Å²) >= 11 is 0. The number of ether oxygens (including phenoxy) is 1. The predicted molar refractivity (Wildman–Crippen MR) is 123 cm³/mol. The highest BCUT2D eigenvalue weighted by Crippen LogP contribution is 2.50. The van der Waals surface area contributed by atoms with E-state index in [0.29, 0.717) is 12.4 Å². The average Bonchev–Trinajstić information content (AvgIpc) is 3.33. The molecule has 166 valence electrons. The molecule has 0 fully saturated rings. The van der Waals surface area contributed by atoms with Crippen LogP contribution in [-0.2, 0) is 6.61 Å². The summed E-state index contributed by atoms with van der Waals surface area (Å²) in [6.45, 7) is 0.319. The second kappa shape index (κ2) is 8.38. The van der Waals surface area contributed by atoms with Crippen LogP contribution in [0.15, 0.2) is 78.9 Å². The topological polar surface area (TPSA) is 108 Å². The number of nitrogens with one attached hydrogen (secondary N) is 1. The van der Waals surface area contributed by atoms with Crippen LogP contribution in [0.4, 0.5) is 17.1 Å². The fraction of sp³-hybridized carbons (Fsp3) is 0.200. The fourth-order valence-corrected chi connectivity index (χ4v) is 4.68. The van der Waals surface area contributed by atoms with Crippen LogP contribution in [0.2, 0.25) is 0 Å². The van der Waals surface area contributed by atoms with Crippen molar-refractivity contribution in [2.45, 2.75) is 25.0 Å². The molecular formula is C25H21N3O5. The maximum Gasteiger partial charge on any atom is 0.269 e. The van der Waals surface area contributed by atoms with E-state index >= 15 is 0 Å². The van der Waals surface area contributed by atoms with Gasteiger partial charge in [-0.15, -0.1) is 0 Å². The van der Waals surface area contributed by atoms with E-state index in [1.165, 1.54) is 18.2 Å². The van der Waals surface area contributed by atoms with E-state index in [4.69, 9.17) is 4.74 Å². The molecule has 1 heterocycles. The molecule has 1 aliphatic carbocycles. The lowest BCUT2D eigenvalue weighted by atomic mass is 9.77. The van der Waals surface area contributed by atoms with Crippen molar-refractivity contribution in [3.05, 3.63) is 116 Å². The molecule has 0 saturated carbocycles. The second-order valence-corrected chi connectivity index (χ2v) is 8.29. The van der Waals surface area contributed by atoms with Gasteiger partial charge in [-0.05, 0) is 59.4 Å². The highest BCUT2D eigenvalue weighted by atomic mass is 16.6. The van der Waals surface area contributed by atoms with E-state index in [1.54, 1.807) is 24.3 Å². The Balaban J connectivity index is 1.31. The molecular weight excluding hydrogens is 422 g/mol. The number of nitro benzene ring substituents is 2. The Kier molecular flexibility index (Phi) is 5.26. The molecule has 0 spiro atoms. The van der Waals surface area contributed by atoms with Gasteiger partial charge in [0.05, 0.1) is 15.9 Å². The average molecular weight is 443 g/mol. The van der Waals surface area contributed by atoms with Crippen molar-refractivity contribution in [2.24, 2.45) is 5.92 Å². The SMILES string of the molecule is O=[N+]([O-])c1ccc(COc2ccc([C@@H]3Nc4ccc([N+](=O)[O-])cc4[C@@H]4C=CC[C@@H]43)cc2)cc1. The van der Waals surface area contributed by atoms with Gasteiger partial charge in [-0.3, -0.25) is 20.2 Å². The van der Waals surface area contributed by atoms with Gasteiger partial charge in [0.15, 0.2) is 0 Å². The van der Waals surface area contributed by atoms with E-state index in [2.05, 4.69) is 17.5 Å². The van der Waals surface area contributed by atoms with Gasteiger partial charge >= 0.3 is 0 Å². The van der Waals surface area contributed by atoms with E-state index < -0.39 is 4.92 Å². The molecule has 5 rings (SSSR count). The summed E-state index contributed by atoms with van der Waals surface area (Å²) in [5.74, 6) is 1.14. The smallest absolute Gasteiger partial charge is 0.269 e. The monoisotopic (exact) mass is 443 g/mol. The number of nitro groups is 2. The minimum Gasteiger partial charge on any atom is -0.489 e. The standard InChI is InChI=1S/C25H21N3O5/c29-27(30)18-8-4-16(5-9-18)15-33-20-11-6-17(7-12-20)25-22-3-1-2-21(22)23-14-19(28(31)32)10-13-24(23)26-25/h1-2,4-14,21-22,25-26H,3,15H2/t21-,22+,25+/m1/s1. The molecule has 1 aliphatic heterocycles. The summed E-state index contributed by atoms with van der Waals surface area (Å²) < 4.78 is 5.85. The first-order valence-electron chi connectivity index (χ1n) is 10.7. The quantitative estimate of drug-likeness (QED) is 0.288. The Morgan fingerprint density at radius 1 is 0.909 bits per heavy atom. The molecule has 0 unspecified atom stereocenters. The first kappa shape index (κ1) is 20.7. The number of benzene rings is 3. The van der Waals surface area contributed by atoms with Crippen LogP contribution in [0, 0.1) is 26.1 Å². The summed E-state index contributed by atoms with van der Waals surface area (Å²) in [5, 5.41) is 25.6. The maximum atomic E-state index is 11.2. The van der Waals surface area contributed by atoms with Crippen LogP contribution < -0.4 is 10.1 Å². The van der Waals surface area contributed by atoms with Crippen molar-refractivity contribution in [1.82, 2.24) is 0 Å². The number of fused-ring (bicyclic) bond motifs is 3. The van der Waals surface area contributed by atoms with Crippen molar-refractivity contribution in [2.75, 3.05) is 5.32 Å². The van der Waals surface area contributed by atoms with Crippen molar-refractivity contribution >= 4 is 17.1 Å². The minimum atomic E-state index is -0.424. The highest BCUT2D eigenvalue weighted by molar-refractivity contribution is 5.63. The lowest BCUT2D eigenvalue weighted by molar-refractivity contribution is -0.385. The molecule has 8 heteroatoms. The first-order chi connectivity index (χ1) is 16.0. The van der Waals surface area contributed by atoms with Gasteiger partial charge in [0.25, 0.3) is 11.4 Å². The number of non-ortho nitro benzene ring substituents is 2. The molecule has 1 N–H and O–H groups in total. The van der Waals surface area contributed by atoms with Crippen LogP contribution in [0.3, 0.4) is 0 Å². The van der Waals surface area contributed by atoms with Crippen LogP contribution >= 0.6 is 0 Å². The van der Waals surface area contributed by atoms with Gasteiger partial charge in [0, 0.05) is 35.9 Å². The Morgan fingerprint density at radius 3 is 2.30 bits per heavy atom. The van der Waals surface area contributed by atoms with E-state index in [0.717, 1.165) is 28.8 Å². The molecule has 3 aromatic rings. The first-order valence-corrected chi connectivity index (χ1v) is 10.7. The van der Waals surface area contributed by atoms with E-state index in [9.17, 15) is 20.2 Å². The molecule has 8 nitrogen and oxygen atoms in total. The third kappa shape index (κ3) is 4.03. The number of hydrogen-bond acceptors (Lipinski definition) is 6. The van der Waals surface area contributed by atoms with Gasteiger partial charge < -0.3 is 10.1 Å². The molecule has 0 radical (unpaired) electrons. The Bertz CT molecular complexity index is 1240. The van der Waals surface area contributed by atoms with Crippen molar-refractivity contribution in [1.29, 1.82) is 0 Å². The van der Waals surface area contributed by atoms with E-state index in [1.807, 2.05) is 24.3 Å². The summed E-state index contributed by atoms with van der Waals surface area (Å²) in [5.41, 5.74) is 4.05. The maximum absolute atomic E-state index is 11.2. The number of anilines is 1. The second-order valence-electron chi connectivity index (χ2n) is 8.29. The van der Waals surface area contributed by atoms with Crippen LogP contribution in [0.25, 0.3) is 0 Å². The van der Waals surface area contributed by atoms with Gasteiger partial charge in [-0.2, -0.15) is 0 Å². The molecule has 0 amide bonds. The molecule has 2 aliphatic rings. The molecule has 0 saturated heterocycles. The van der Waals surface area contributed by atoms with Gasteiger partial charge in [-0.1, -0.05) is 24.3 Å². The zero-order valence-electron chi connectivity index (χ0n) is 17.6. The lowest BCUT2D eigenvalue weighted by Gasteiger charge is -2.37. The molecule has 3 atom stereocenters. The van der Waals surface area contributed by atoms with Crippen LogP contribution in [0.1, 0.15) is 35.1 Å². The minimum absolute atomic E-state index is 0.0546. The Labute approximate surface area is 189 Å². The van der Waals surface area contributed by atoms with Crippen molar-refractivity contribution in [3.8, 4) is 5.75 Å². The molecule has 0 bridgehead atoms. The number of hydrogen-bond donors (Lipinski definition) is 1. The number of nitrogens with zero attached hydrogens (tertiary/aromatic N) is 2. The lowest BCUT2D eigenvalue weighted by Crippen LogP contribution is -2.29. The largest absolute Gasteiger partial charge is 0.489 e. The summed E-state index contributed by atoms with van der Waals surface area (Å²) in [6, 6.07) is 19.3. The normalized spacial score (nSPS) is 20.4. The predicted octanol–water partition coefficient (Wildman–Crippen LogP) is 5.91. The molecule has 0 aromatic heterocycles. The highest BCUT2D eigenvalue weighted by Gasteiger charge is 2.38. The zero-order valence-corrected chi connectivity index (χ0v) is 17.6. The number of allylic oxidation sites excluding steroid dienone is 2. The summed E-state index contributed by atoms with van der Waals surface area (Å²) in [7, 11) is 0. The Hall–Kier alpha value is -4.20. The molecule has 3 aromatic carbocycles. The van der Waals surface area contributed by atoms with Gasteiger partial charge in [-0.25, -0.2) is 0 Å². The van der Waals surface area contributed by atoms with Crippen LogP contribution in [-0.4, -0.2) is 9.85 Å². The third-order valence-electron chi connectivity index (χ3n) is 6.35. The number of rotatable bonds is 6. The van der Waals surface area contributed by atoms with Gasteiger partial charge in [0.1, 0.15) is 12.4 Å². The summed E-state index contributed by atoms with van der Waals surface area (Å²) in [6.07, 6.45) is 5.21. The van der Waals surface area contributed by atoms with Crippen molar-refractivity contribution < 1.29 is 14.6 Å². The zero-order chi connectivity index (χ0) is 22.9. The molecule has 33 heavy (non-hydrogen) atoms. The Morgan fingerprint density at radius 2 is 1.61 bits per heavy atom. The van der Waals surface area contributed by atoms with Crippen LogP contribution in [0.5, 0.6) is 5.75 Å².